The van der Waals surface area contributed by atoms with E-state index in [0.717, 1.165) is 23.3 Å². The first-order valence-electron chi connectivity index (χ1n) is 5.68. The van der Waals surface area contributed by atoms with Crippen molar-refractivity contribution in [3.05, 3.63) is 29.3 Å². The first-order chi connectivity index (χ1) is 7.81. The van der Waals surface area contributed by atoms with Gasteiger partial charge in [-0.3, -0.25) is 4.79 Å². The molecular formula is C13H16O3. The van der Waals surface area contributed by atoms with Gasteiger partial charge in [0.05, 0.1) is 6.61 Å². The first-order valence-corrected chi connectivity index (χ1v) is 5.68. The number of carbonyl (C=O) groups is 1. The van der Waals surface area contributed by atoms with Gasteiger partial charge in [0.1, 0.15) is 12.4 Å². The van der Waals surface area contributed by atoms with Crippen molar-refractivity contribution < 1.29 is 14.3 Å². The van der Waals surface area contributed by atoms with Crippen LogP contribution in [-0.4, -0.2) is 25.6 Å². The molecule has 0 atom stereocenters. The fourth-order valence-electron chi connectivity index (χ4n) is 1.88. The largest absolute Gasteiger partial charge is 0.491 e. The highest BCUT2D eigenvalue weighted by Crippen LogP contribution is 2.25. The molecule has 0 spiro atoms. The lowest BCUT2D eigenvalue weighted by Gasteiger charge is -2.07. The van der Waals surface area contributed by atoms with Gasteiger partial charge in [-0.25, -0.2) is 0 Å². The lowest BCUT2D eigenvalue weighted by molar-refractivity contribution is 0.0994. The van der Waals surface area contributed by atoms with Crippen LogP contribution in [0.4, 0.5) is 0 Å². The van der Waals surface area contributed by atoms with Crippen molar-refractivity contribution in [3.63, 3.8) is 0 Å². The van der Waals surface area contributed by atoms with E-state index in [1.807, 2.05) is 25.1 Å². The molecule has 0 amide bonds. The zero-order valence-electron chi connectivity index (χ0n) is 9.49. The lowest BCUT2D eigenvalue weighted by atomic mass is 10.1. The molecule has 0 radical (unpaired) electrons. The third-order valence-corrected chi connectivity index (χ3v) is 2.70. The van der Waals surface area contributed by atoms with Crippen molar-refractivity contribution in [2.24, 2.45) is 0 Å². The van der Waals surface area contributed by atoms with Crippen molar-refractivity contribution in [2.45, 2.75) is 19.8 Å². The van der Waals surface area contributed by atoms with Gasteiger partial charge in [0.15, 0.2) is 5.78 Å². The average Bonchev–Trinajstić information content (AvgIpc) is 2.66. The molecule has 0 N–H and O–H groups in total. The second kappa shape index (κ2) is 5.12. The van der Waals surface area contributed by atoms with Crippen molar-refractivity contribution in [3.8, 4) is 5.75 Å². The van der Waals surface area contributed by atoms with Gasteiger partial charge in [-0.2, -0.15) is 0 Å². The number of hydrogen-bond donors (Lipinski definition) is 0. The van der Waals surface area contributed by atoms with Crippen LogP contribution in [0.25, 0.3) is 0 Å². The molecule has 0 unspecified atom stereocenters. The molecule has 0 saturated carbocycles. The minimum Gasteiger partial charge on any atom is -0.491 e. The molecule has 86 valence electrons. The molecule has 2 rings (SSSR count). The Bertz CT molecular complexity index is 385. The third-order valence-electron chi connectivity index (χ3n) is 2.70. The molecule has 1 aromatic carbocycles. The van der Waals surface area contributed by atoms with Crippen LogP contribution in [0.15, 0.2) is 18.2 Å². The normalized spacial score (nSPS) is 13.9. The number of fused-ring (bicyclic) bond motifs is 1. The van der Waals surface area contributed by atoms with Gasteiger partial charge in [-0.1, -0.05) is 0 Å². The van der Waals surface area contributed by atoms with E-state index in [4.69, 9.17) is 9.47 Å². The molecule has 0 aromatic heterocycles. The van der Waals surface area contributed by atoms with E-state index < -0.39 is 0 Å². The summed E-state index contributed by atoms with van der Waals surface area (Å²) in [5, 5.41) is 0. The Hall–Kier alpha value is -1.35. The van der Waals surface area contributed by atoms with E-state index in [2.05, 4.69) is 0 Å². The predicted molar refractivity (Wildman–Crippen MR) is 61.1 cm³/mol. The Labute approximate surface area is 95.4 Å². The first kappa shape index (κ1) is 11.1. The second-order valence-electron chi connectivity index (χ2n) is 3.79. The van der Waals surface area contributed by atoms with Crippen molar-refractivity contribution in [1.29, 1.82) is 0 Å². The van der Waals surface area contributed by atoms with Crippen LogP contribution in [0.5, 0.6) is 5.75 Å². The predicted octanol–water partition coefficient (Wildman–Crippen LogP) is 2.23. The monoisotopic (exact) mass is 220 g/mol. The van der Waals surface area contributed by atoms with Crippen LogP contribution < -0.4 is 4.74 Å². The maximum atomic E-state index is 11.4. The van der Waals surface area contributed by atoms with Gasteiger partial charge in [0.2, 0.25) is 0 Å². The molecule has 1 aromatic rings. The quantitative estimate of drug-likeness (QED) is 0.714. The Morgan fingerprint density at radius 2 is 2.12 bits per heavy atom. The van der Waals surface area contributed by atoms with E-state index in [9.17, 15) is 4.79 Å². The molecule has 16 heavy (non-hydrogen) atoms. The maximum Gasteiger partial charge on any atom is 0.163 e. The van der Waals surface area contributed by atoms with Crippen LogP contribution in [0.3, 0.4) is 0 Å². The smallest absolute Gasteiger partial charge is 0.163 e. The zero-order chi connectivity index (χ0) is 11.4. The average molecular weight is 220 g/mol. The standard InChI is InChI=1S/C13H16O3/c1-2-15-7-8-16-11-4-5-12-10(9-11)3-6-13(12)14/h4-5,9H,2-3,6-8H2,1H3. The number of rotatable bonds is 5. The molecule has 3 heteroatoms. The van der Waals surface area contributed by atoms with E-state index in [-0.39, 0.29) is 5.78 Å². The number of aryl methyl sites for hydroxylation is 1. The number of ketones is 1. The van der Waals surface area contributed by atoms with Crippen LogP contribution in [-0.2, 0) is 11.2 Å². The minimum atomic E-state index is 0.246. The summed E-state index contributed by atoms with van der Waals surface area (Å²) >= 11 is 0. The molecule has 0 fully saturated rings. The van der Waals surface area contributed by atoms with Crippen molar-refractivity contribution in [1.82, 2.24) is 0 Å². The summed E-state index contributed by atoms with van der Waals surface area (Å²) in [7, 11) is 0. The Balaban J connectivity index is 1.94. The van der Waals surface area contributed by atoms with Crippen LogP contribution >= 0.6 is 0 Å². The number of Topliss-reactive ketones (excluding diaryl/α,β-unsaturated/α-hetero) is 1. The molecule has 3 nitrogen and oxygen atoms in total. The fourth-order valence-corrected chi connectivity index (χ4v) is 1.88. The van der Waals surface area contributed by atoms with Gasteiger partial charge in [-0.05, 0) is 37.1 Å². The van der Waals surface area contributed by atoms with Gasteiger partial charge in [0.25, 0.3) is 0 Å². The molecule has 0 heterocycles. The fraction of sp³-hybridized carbons (Fsp3) is 0.462. The van der Waals surface area contributed by atoms with Crippen LogP contribution in [0, 0.1) is 0 Å². The highest BCUT2D eigenvalue weighted by molar-refractivity contribution is 6.00. The van der Waals surface area contributed by atoms with Crippen molar-refractivity contribution in [2.75, 3.05) is 19.8 Å². The van der Waals surface area contributed by atoms with Gasteiger partial charge in [-0.15, -0.1) is 0 Å². The Morgan fingerprint density at radius 3 is 2.94 bits per heavy atom. The molecule has 1 aliphatic rings. The number of hydrogen-bond acceptors (Lipinski definition) is 3. The van der Waals surface area contributed by atoms with Crippen LogP contribution in [0.1, 0.15) is 29.3 Å². The Morgan fingerprint density at radius 1 is 1.25 bits per heavy atom. The van der Waals surface area contributed by atoms with E-state index >= 15 is 0 Å². The second-order valence-corrected chi connectivity index (χ2v) is 3.79. The molecule has 0 aliphatic heterocycles. The minimum absolute atomic E-state index is 0.246. The molecular weight excluding hydrogens is 204 g/mol. The number of carbonyl (C=O) groups excluding carboxylic acids is 1. The van der Waals surface area contributed by atoms with E-state index in [1.165, 1.54) is 0 Å². The zero-order valence-corrected chi connectivity index (χ0v) is 9.49. The molecule has 0 bridgehead atoms. The summed E-state index contributed by atoms with van der Waals surface area (Å²) < 4.78 is 10.7. The van der Waals surface area contributed by atoms with Crippen LogP contribution in [0.2, 0.25) is 0 Å². The summed E-state index contributed by atoms with van der Waals surface area (Å²) in [6.07, 6.45) is 1.48. The summed E-state index contributed by atoms with van der Waals surface area (Å²) in [6, 6.07) is 5.68. The number of ether oxygens (including phenoxy) is 2. The highest BCUT2D eigenvalue weighted by Gasteiger charge is 2.19. The van der Waals surface area contributed by atoms with E-state index in [1.54, 1.807) is 0 Å². The third kappa shape index (κ3) is 2.42. The summed E-state index contributed by atoms with van der Waals surface area (Å²) in [4.78, 5) is 11.4. The van der Waals surface area contributed by atoms with Gasteiger partial charge in [0, 0.05) is 18.6 Å². The topological polar surface area (TPSA) is 35.5 Å². The summed E-state index contributed by atoms with van der Waals surface area (Å²) in [5.74, 6) is 1.07. The lowest BCUT2D eigenvalue weighted by Crippen LogP contribution is -2.06. The summed E-state index contributed by atoms with van der Waals surface area (Å²) in [6.45, 7) is 3.83. The maximum absolute atomic E-state index is 11.4. The van der Waals surface area contributed by atoms with E-state index in [0.29, 0.717) is 26.2 Å². The SMILES string of the molecule is CCOCCOc1ccc2c(c1)CCC2=O. The highest BCUT2D eigenvalue weighted by atomic mass is 16.5. The van der Waals surface area contributed by atoms with Gasteiger partial charge >= 0.3 is 0 Å². The number of benzene rings is 1. The summed E-state index contributed by atoms with van der Waals surface area (Å²) in [5.41, 5.74) is 1.97. The Kier molecular flexibility index (Phi) is 3.57. The van der Waals surface area contributed by atoms with Crippen molar-refractivity contribution >= 4 is 5.78 Å². The van der Waals surface area contributed by atoms with Gasteiger partial charge < -0.3 is 9.47 Å². The molecule has 0 saturated heterocycles. The molecule has 1 aliphatic carbocycles.